The van der Waals surface area contributed by atoms with E-state index >= 15 is 0 Å². The molecule has 0 aromatic rings. The summed E-state index contributed by atoms with van der Waals surface area (Å²) in [7, 11) is 1.19. The zero-order chi connectivity index (χ0) is 55.7. The Hall–Kier alpha value is -2.55. The molecule has 0 spiro atoms. The van der Waals surface area contributed by atoms with Crippen LogP contribution in [0.3, 0.4) is 0 Å². The van der Waals surface area contributed by atoms with Crippen LogP contribution in [0, 0.1) is 0 Å². The Kier molecular flexibility index (Phi) is 53.9. The van der Waals surface area contributed by atoms with Gasteiger partial charge in [-0.25, -0.2) is 0 Å². The van der Waals surface area contributed by atoms with Crippen LogP contribution in [0.5, 0.6) is 0 Å². The van der Waals surface area contributed by atoms with Gasteiger partial charge < -0.3 is 28.5 Å². The number of hydrogen-bond donors (Lipinski definition) is 1. The Balaban J connectivity index is 5.03. The van der Waals surface area contributed by atoms with Crippen molar-refractivity contribution in [1.29, 1.82) is 0 Å². The molecule has 0 rings (SSSR count). The van der Waals surface area contributed by atoms with E-state index in [0.29, 0.717) is 17.4 Å². The lowest BCUT2D eigenvalue weighted by Gasteiger charge is -2.30. The maximum absolute atomic E-state index is 13.5. The summed E-state index contributed by atoms with van der Waals surface area (Å²) in [6.45, 7) is 6.73. The summed E-state index contributed by atoms with van der Waals surface area (Å²) in [4.78, 5) is 39.9. The molecule has 1 amide bonds. The Morgan fingerprint density at radius 2 is 0.842 bits per heavy atom. The average molecular weight is 1090 g/mol. The number of unbranched alkanes of at least 4 members (excludes halogenated alkanes) is 31. The lowest BCUT2D eigenvalue weighted by Crippen LogP contribution is -2.47. The van der Waals surface area contributed by atoms with Gasteiger partial charge in [0.1, 0.15) is 19.3 Å². The van der Waals surface area contributed by atoms with Crippen molar-refractivity contribution in [2.24, 2.45) is 0 Å². The van der Waals surface area contributed by atoms with Gasteiger partial charge in [-0.1, -0.05) is 267 Å². The summed E-state index contributed by atoms with van der Waals surface area (Å²) in [5, 5.41) is 3.02. The highest BCUT2D eigenvalue weighted by Gasteiger charge is 2.27. The second-order valence-corrected chi connectivity index (χ2v) is 23.9. The van der Waals surface area contributed by atoms with Crippen molar-refractivity contribution in [2.75, 3.05) is 40.9 Å². The van der Waals surface area contributed by atoms with E-state index in [1.807, 2.05) is 33.3 Å². The predicted octanol–water partition coefficient (Wildman–Crippen LogP) is 19.0. The number of allylic oxidation sites excluding steroid dienone is 11. The number of likely N-dealkylation sites (N-methyl/N-ethyl adjacent to an activating group) is 1. The number of amides is 1. The number of nitrogens with one attached hydrogen (secondary N) is 1. The van der Waals surface area contributed by atoms with E-state index in [0.717, 1.165) is 89.9 Å². The fourth-order valence-electron chi connectivity index (χ4n) is 9.02. The van der Waals surface area contributed by atoms with Crippen LogP contribution in [-0.2, 0) is 27.9 Å². The lowest BCUT2D eigenvalue weighted by atomic mass is 10.0. The standard InChI is InChI=1S/C66H121N2O7P/c1-7-10-13-16-19-22-25-27-28-29-30-31-32-33-34-35-36-37-38-39-40-41-44-47-50-53-56-59-66(70)75-64(57-54-51-48-45-43-26-23-20-17-14-11-8-2)63(62-74-76(71,72)73-61-60-68(4,5)6)67-65(69)58-55-52-49-46-42-24-21-18-15-12-9-3/h10,13,19,22,27-28,30-31,33-34,54,57,63-64H,7-9,11-12,14-18,20-21,23-26,29,32,35-53,55-56,58-62H2,1-6H3,(H-,67,69,71,72)/b13-10-,22-19-,28-27-,31-30-,34-33-,57-54-. The highest BCUT2D eigenvalue weighted by molar-refractivity contribution is 7.45. The lowest BCUT2D eigenvalue weighted by molar-refractivity contribution is -0.870. The van der Waals surface area contributed by atoms with Gasteiger partial charge >= 0.3 is 5.97 Å². The second-order valence-electron chi connectivity index (χ2n) is 22.5. The Morgan fingerprint density at radius 1 is 0.474 bits per heavy atom. The number of hydrogen-bond acceptors (Lipinski definition) is 7. The molecule has 0 radical (unpaired) electrons. The van der Waals surface area contributed by atoms with Crippen molar-refractivity contribution in [1.82, 2.24) is 5.32 Å². The fraction of sp³-hybridized carbons (Fsp3) is 0.788. The molecule has 3 atom stereocenters. The molecule has 0 aliphatic rings. The summed E-state index contributed by atoms with van der Waals surface area (Å²) in [6.07, 6.45) is 71.6. The summed E-state index contributed by atoms with van der Waals surface area (Å²) >= 11 is 0. The number of ether oxygens (including phenoxy) is 1. The van der Waals surface area contributed by atoms with Gasteiger partial charge in [-0.2, -0.15) is 0 Å². The van der Waals surface area contributed by atoms with Crippen LogP contribution in [0.2, 0.25) is 0 Å². The molecule has 3 unspecified atom stereocenters. The first-order chi connectivity index (χ1) is 36.9. The van der Waals surface area contributed by atoms with E-state index in [1.54, 1.807) is 0 Å². The van der Waals surface area contributed by atoms with Gasteiger partial charge in [-0.05, 0) is 76.7 Å². The first-order valence-corrected chi connectivity index (χ1v) is 33.2. The maximum Gasteiger partial charge on any atom is 0.306 e. The van der Waals surface area contributed by atoms with E-state index in [1.165, 1.54) is 161 Å². The minimum absolute atomic E-state index is 0.0230. The zero-order valence-corrected chi connectivity index (χ0v) is 51.3. The number of carbonyl (C=O) groups is 2. The molecule has 0 bridgehead atoms. The first kappa shape index (κ1) is 73.5. The van der Waals surface area contributed by atoms with Crippen LogP contribution in [-0.4, -0.2) is 69.4 Å². The molecular weight excluding hydrogens is 964 g/mol. The molecule has 1 N–H and O–H groups in total. The van der Waals surface area contributed by atoms with Gasteiger partial charge in [0.05, 0.1) is 33.8 Å². The molecule has 0 aromatic carbocycles. The number of esters is 1. The van der Waals surface area contributed by atoms with Crippen LogP contribution in [0.25, 0.3) is 0 Å². The van der Waals surface area contributed by atoms with Gasteiger partial charge in [0.15, 0.2) is 0 Å². The summed E-state index contributed by atoms with van der Waals surface area (Å²) in [5.74, 6) is -0.540. The van der Waals surface area contributed by atoms with Crippen LogP contribution < -0.4 is 10.2 Å². The van der Waals surface area contributed by atoms with E-state index in [9.17, 15) is 19.0 Å². The molecule has 0 fully saturated rings. The van der Waals surface area contributed by atoms with Crippen molar-refractivity contribution < 1.29 is 37.3 Å². The van der Waals surface area contributed by atoms with E-state index in [2.05, 4.69) is 86.8 Å². The molecule has 76 heavy (non-hydrogen) atoms. The van der Waals surface area contributed by atoms with Gasteiger partial charge in [0.25, 0.3) is 7.82 Å². The third-order valence-electron chi connectivity index (χ3n) is 13.9. The van der Waals surface area contributed by atoms with Crippen molar-refractivity contribution in [3.63, 3.8) is 0 Å². The monoisotopic (exact) mass is 1080 g/mol. The highest BCUT2D eigenvalue weighted by atomic mass is 31.2. The molecular formula is C66H121N2O7P. The Morgan fingerprint density at radius 3 is 1.26 bits per heavy atom. The molecule has 0 aliphatic carbocycles. The summed E-state index contributed by atoms with van der Waals surface area (Å²) in [6, 6.07) is -0.888. The normalized spacial score (nSPS) is 14.1. The van der Waals surface area contributed by atoms with Crippen molar-refractivity contribution in [3.05, 3.63) is 72.9 Å². The van der Waals surface area contributed by atoms with Gasteiger partial charge in [-0.3, -0.25) is 14.2 Å². The molecule has 0 saturated carbocycles. The predicted molar refractivity (Wildman–Crippen MR) is 325 cm³/mol. The van der Waals surface area contributed by atoms with Crippen LogP contribution in [0.15, 0.2) is 72.9 Å². The average Bonchev–Trinajstić information content (AvgIpc) is 3.38. The molecule has 0 heterocycles. The van der Waals surface area contributed by atoms with Crippen molar-refractivity contribution in [2.45, 2.75) is 296 Å². The fourth-order valence-corrected chi connectivity index (χ4v) is 9.74. The number of quaternary nitrogens is 1. The third-order valence-corrected chi connectivity index (χ3v) is 14.9. The largest absolute Gasteiger partial charge is 0.756 e. The first-order valence-electron chi connectivity index (χ1n) is 31.7. The second kappa shape index (κ2) is 55.8. The molecule has 9 nitrogen and oxygen atoms in total. The van der Waals surface area contributed by atoms with E-state index in [4.69, 9.17) is 13.8 Å². The number of phosphoric ester groups is 1. The van der Waals surface area contributed by atoms with Gasteiger partial charge in [0.2, 0.25) is 5.91 Å². The Bertz CT molecular complexity index is 1530. The molecule has 442 valence electrons. The minimum Gasteiger partial charge on any atom is -0.756 e. The zero-order valence-electron chi connectivity index (χ0n) is 50.4. The Labute approximate surface area is 470 Å². The van der Waals surface area contributed by atoms with Crippen molar-refractivity contribution >= 4 is 19.7 Å². The number of carbonyl (C=O) groups excluding carboxylic acids is 2. The number of nitrogens with zero attached hydrogens (tertiary/aromatic N) is 1. The molecule has 0 aromatic heterocycles. The summed E-state index contributed by atoms with van der Waals surface area (Å²) in [5.41, 5.74) is 0. The van der Waals surface area contributed by atoms with Crippen molar-refractivity contribution in [3.8, 4) is 0 Å². The molecule has 0 saturated heterocycles. The van der Waals surface area contributed by atoms with E-state index in [-0.39, 0.29) is 31.5 Å². The third kappa shape index (κ3) is 56.2. The van der Waals surface area contributed by atoms with Gasteiger partial charge in [-0.15, -0.1) is 0 Å². The van der Waals surface area contributed by atoms with Crippen LogP contribution >= 0.6 is 7.82 Å². The number of phosphoric acid groups is 1. The van der Waals surface area contributed by atoms with Crippen LogP contribution in [0.1, 0.15) is 284 Å². The quantitative estimate of drug-likeness (QED) is 0.0212. The highest BCUT2D eigenvalue weighted by Crippen LogP contribution is 2.38. The molecule has 10 heteroatoms. The smallest absolute Gasteiger partial charge is 0.306 e. The van der Waals surface area contributed by atoms with E-state index < -0.39 is 20.0 Å². The molecule has 0 aliphatic heterocycles. The van der Waals surface area contributed by atoms with Gasteiger partial charge in [0, 0.05) is 12.8 Å². The van der Waals surface area contributed by atoms with Crippen LogP contribution in [0.4, 0.5) is 0 Å². The number of rotatable bonds is 57. The topological polar surface area (TPSA) is 114 Å². The maximum atomic E-state index is 13.5. The minimum atomic E-state index is -4.69. The summed E-state index contributed by atoms with van der Waals surface area (Å²) < 4.78 is 30.3. The SMILES string of the molecule is CC/C=C\C/C=C\C/C=C\C/C=C\C/C=C\CCCCCCCCCCCCCC(=O)OC(/C=C\CCCCCCCCCCCC)C(COP(=O)([O-])OCC[N+](C)(C)C)NC(=O)CCCCCCCCCCCCC.